The smallest absolute Gasteiger partial charge is 0.180 e. The Kier molecular flexibility index (Phi) is 5.30. The minimum atomic E-state index is -3.33. The molecule has 0 saturated carbocycles. The molecule has 2 aromatic carbocycles. The van der Waals surface area contributed by atoms with Crippen LogP contribution in [0.2, 0.25) is 0 Å². The molecule has 1 heterocycles. The minimum Gasteiger partial charge on any atom is -0.300 e. The molecule has 2 aromatic rings. The van der Waals surface area contributed by atoms with Crippen LogP contribution < -0.4 is 5.32 Å². The maximum Gasteiger partial charge on any atom is 0.180 e. The SMILES string of the molecule is CCCC1(CCC)CS(=O)(=O)c2ccccc2C(c2ccccc2)N1. The lowest BCUT2D eigenvalue weighted by Gasteiger charge is -2.36. The van der Waals surface area contributed by atoms with E-state index in [2.05, 4.69) is 31.3 Å². The molecule has 1 unspecified atom stereocenters. The molecule has 1 aliphatic heterocycles. The van der Waals surface area contributed by atoms with Gasteiger partial charge in [0, 0.05) is 5.54 Å². The molecule has 0 saturated heterocycles. The van der Waals surface area contributed by atoms with Gasteiger partial charge in [-0.1, -0.05) is 75.2 Å². The average molecular weight is 358 g/mol. The molecule has 0 aromatic heterocycles. The molecular weight excluding hydrogens is 330 g/mol. The normalized spacial score (nSPS) is 21.3. The summed E-state index contributed by atoms with van der Waals surface area (Å²) in [5, 5.41) is 3.78. The second kappa shape index (κ2) is 7.30. The number of sulfone groups is 1. The first-order valence-electron chi connectivity index (χ1n) is 9.16. The Morgan fingerprint density at radius 3 is 2.20 bits per heavy atom. The van der Waals surface area contributed by atoms with Crippen molar-refractivity contribution < 1.29 is 8.42 Å². The Labute approximate surface area is 151 Å². The molecule has 25 heavy (non-hydrogen) atoms. The van der Waals surface area contributed by atoms with Gasteiger partial charge in [-0.05, 0) is 30.0 Å². The quantitative estimate of drug-likeness (QED) is 0.857. The van der Waals surface area contributed by atoms with Crippen LogP contribution in [-0.4, -0.2) is 19.7 Å². The summed E-state index contributed by atoms with van der Waals surface area (Å²) < 4.78 is 26.4. The second-order valence-electron chi connectivity index (χ2n) is 7.07. The van der Waals surface area contributed by atoms with E-state index in [4.69, 9.17) is 0 Å². The average Bonchev–Trinajstić information content (AvgIpc) is 2.69. The lowest BCUT2D eigenvalue weighted by atomic mass is 9.87. The molecule has 0 radical (unpaired) electrons. The zero-order valence-corrected chi connectivity index (χ0v) is 15.9. The number of hydrogen-bond donors (Lipinski definition) is 1. The highest BCUT2D eigenvalue weighted by Crippen LogP contribution is 2.38. The summed E-state index contributed by atoms with van der Waals surface area (Å²) in [5.74, 6) is 0.169. The van der Waals surface area contributed by atoms with E-state index >= 15 is 0 Å². The summed E-state index contributed by atoms with van der Waals surface area (Å²) in [6.07, 6.45) is 3.63. The molecule has 1 N–H and O–H groups in total. The number of rotatable bonds is 5. The molecule has 0 fully saturated rings. The molecule has 1 atom stereocenters. The minimum absolute atomic E-state index is 0.104. The summed E-state index contributed by atoms with van der Waals surface area (Å²) >= 11 is 0. The highest BCUT2D eigenvalue weighted by Gasteiger charge is 2.41. The summed E-state index contributed by atoms with van der Waals surface area (Å²) in [6.45, 7) is 4.25. The number of fused-ring (bicyclic) bond motifs is 1. The number of benzene rings is 2. The van der Waals surface area contributed by atoms with Gasteiger partial charge in [0.1, 0.15) is 0 Å². The summed E-state index contributed by atoms with van der Waals surface area (Å²) in [6, 6.07) is 17.5. The van der Waals surface area contributed by atoms with E-state index < -0.39 is 9.84 Å². The van der Waals surface area contributed by atoms with Gasteiger partial charge in [0.05, 0.1) is 16.7 Å². The van der Waals surface area contributed by atoms with Crippen LogP contribution in [0.3, 0.4) is 0 Å². The van der Waals surface area contributed by atoms with Crippen molar-refractivity contribution in [3.63, 3.8) is 0 Å². The lowest BCUT2D eigenvalue weighted by molar-refractivity contribution is 0.287. The number of hydrogen-bond acceptors (Lipinski definition) is 3. The molecule has 3 nitrogen and oxygen atoms in total. The number of nitrogens with one attached hydrogen (secondary N) is 1. The Hall–Kier alpha value is -1.65. The van der Waals surface area contributed by atoms with E-state index in [0.717, 1.165) is 36.8 Å². The molecule has 0 spiro atoms. The summed E-state index contributed by atoms with van der Waals surface area (Å²) in [4.78, 5) is 0.477. The van der Waals surface area contributed by atoms with Crippen molar-refractivity contribution in [1.29, 1.82) is 0 Å². The van der Waals surface area contributed by atoms with Gasteiger partial charge in [0.25, 0.3) is 0 Å². The van der Waals surface area contributed by atoms with E-state index in [-0.39, 0.29) is 17.3 Å². The van der Waals surface area contributed by atoms with Crippen molar-refractivity contribution in [1.82, 2.24) is 5.32 Å². The van der Waals surface area contributed by atoms with E-state index in [1.165, 1.54) is 0 Å². The Morgan fingerprint density at radius 1 is 0.960 bits per heavy atom. The first kappa shape index (κ1) is 18.2. The highest BCUT2D eigenvalue weighted by atomic mass is 32.2. The van der Waals surface area contributed by atoms with E-state index in [1.807, 2.05) is 36.4 Å². The third-order valence-corrected chi connectivity index (χ3v) is 7.05. The van der Waals surface area contributed by atoms with Crippen LogP contribution in [0.15, 0.2) is 59.5 Å². The third-order valence-electron chi connectivity index (χ3n) is 5.07. The molecule has 1 aliphatic rings. The van der Waals surface area contributed by atoms with Gasteiger partial charge < -0.3 is 0 Å². The van der Waals surface area contributed by atoms with E-state index in [9.17, 15) is 8.42 Å². The molecule has 0 amide bonds. The van der Waals surface area contributed by atoms with Crippen molar-refractivity contribution in [3.05, 3.63) is 65.7 Å². The molecule has 0 aliphatic carbocycles. The van der Waals surface area contributed by atoms with Crippen molar-refractivity contribution >= 4 is 9.84 Å². The van der Waals surface area contributed by atoms with Crippen molar-refractivity contribution in [2.75, 3.05) is 5.75 Å². The van der Waals surface area contributed by atoms with E-state index in [0.29, 0.717) is 4.90 Å². The van der Waals surface area contributed by atoms with Crippen molar-refractivity contribution in [2.24, 2.45) is 0 Å². The standard InChI is InChI=1S/C21H27NO2S/c1-3-14-21(15-4-2)16-25(23,24)19-13-9-8-12-18(19)20(22-21)17-10-6-5-7-11-17/h5-13,20,22H,3-4,14-16H2,1-2H3. The van der Waals surface area contributed by atoms with Crippen molar-refractivity contribution in [3.8, 4) is 0 Å². The monoisotopic (exact) mass is 357 g/mol. The fourth-order valence-electron chi connectivity index (χ4n) is 4.15. The predicted octanol–water partition coefficient (Wildman–Crippen LogP) is 4.49. The van der Waals surface area contributed by atoms with Crippen LogP contribution in [0, 0.1) is 0 Å². The summed E-state index contributed by atoms with van der Waals surface area (Å²) in [7, 11) is -3.33. The highest BCUT2D eigenvalue weighted by molar-refractivity contribution is 7.91. The van der Waals surface area contributed by atoms with Gasteiger partial charge in [0.15, 0.2) is 9.84 Å². The van der Waals surface area contributed by atoms with Crippen LogP contribution in [0.4, 0.5) is 0 Å². The Balaban J connectivity index is 2.20. The fourth-order valence-corrected chi connectivity index (χ4v) is 6.23. The van der Waals surface area contributed by atoms with Gasteiger partial charge in [-0.15, -0.1) is 0 Å². The molecule has 134 valence electrons. The van der Waals surface area contributed by atoms with Gasteiger partial charge >= 0.3 is 0 Å². The van der Waals surface area contributed by atoms with E-state index in [1.54, 1.807) is 6.07 Å². The van der Waals surface area contributed by atoms with Crippen LogP contribution in [0.25, 0.3) is 0 Å². The predicted molar refractivity (Wildman–Crippen MR) is 102 cm³/mol. The molecular formula is C21H27NO2S. The Morgan fingerprint density at radius 2 is 1.56 bits per heavy atom. The topological polar surface area (TPSA) is 46.2 Å². The summed E-state index contributed by atoms with van der Waals surface area (Å²) in [5.41, 5.74) is 1.59. The zero-order chi connectivity index (χ0) is 17.9. The largest absolute Gasteiger partial charge is 0.300 e. The van der Waals surface area contributed by atoms with Gasteiger partial charge in [-0.3, -0.25) is 5.32 Å². The van der Waals surface area contributed by atoms with Crippen LogP contribution in [0.5, 0.6) is 0 Å². The van der Waals surface area contributed by atoms with Gasteiger partial charge in [-0.25, -0.2) is 8.42 Å². The Bertz CT molecular complexity index is 809. The first-order chi connectivity index (χ1) is 12.0. The second-order valence-corrected chi connectivity index (χ2v) is 9.02. The molecule has 0 bridgehead atoms. The molecule has 4 heteroatoms. The fraction of sp³-hybridized carbons (Fsp3) is 0.429. The van der Waals surface area contributed by atoms with Crippen LogP contribution >= 0.6 is 0 Å². The van der Waals surface area contributed by atoms with Gasteiger partial charge in [0.2, 0.25) is 0 Å². The van der Waals surface area contributed by atoms with Crippen LogP contribution in [0.1, 0.15) is 56.7 Å². The third kappa shape index (κ3) is 3.65. The van der Waals surface area contributed by atoms with Crippen LogP contribution in [-0.2, 0) is 9.84 Å². The zero-order valence-electron chi connectivity index (χ0n) is 15.0. The molecule has 3 rings (SSSR count). The maximum atomic E-state index is 13.2. The van der Waals surface area contributed by atoms with Crippen molar-refractivity contribution in [2.45, 2.75) is 56.0 Å². The lowest BCUT2D eigenvalue weighted by Crippen LogP contribution is -2.50. The first-order valence-corrected chi connectivity index (χ1v) is 10.8. The van der Waals surface area contributed by atoms with Gasteiger partial charge in [-0.2, -0.15) is 0 Å². The maximum absolute atomic E-state index is 13.2.